The number of aromatic nitrogens is 2. The number of rotatable bonds is 9. The number of piperazine rings is 1. The van der Waals surface area contributed by atoms with Crippen LogP contribution in [0.3, 0.4) is 0 Å². The molecule has 4 aromatic rings. The summed E-state index contributed by atoms with van der Waals surface area (Å²) >= 11 is 6.05. The van der Waals surface area contributed by atoms with E-state index in [1.54, 1.807) is 48.3 Å². The van der Waals surface area contributed by atoms with Gasteiger partial charge in [0, 0.05) is 48.9 Å². The molecule has 0 spiro atoms. The Morgan fingerprint density at radius 2 is 1.60 bits per heavy atom. The molecule has 1 saturated heterocycles. The van der Waals surface area contributed by atoms with Gasteiger partial charge in [-0.05, 0) is 72.3 Å². The lowest BCUT2D eigenvalue weighted by molar-refractivity contribution is -0.132. The van der Waals surface area contributed by atoms with Crippen molar-refractivity contribution in [1.82, 2.24) is 20.0 Å². The molecule has 3 heterocycles. The van der Waals surface area contributed by atoms with Crippen LogP contribution in [0.15, 0.2) is 72.8 Å². The van der Waals surface area contributed by atoms with E-state index in [2.05, 4.69) is 15.1 Å². The highest BCUT2D eigenvalue weighted by Gasteiger charge is 2.27. The highest BCUT2D eigenvalue weighted by molar-refractivity contribution is 6.30. The molecule has 45 heavy (non-hydrogen) atoms. The van der Waals surface area contributed by atoms with Crippen molar-refractivity contribution in [2.45, 2.75) is 6.54 Å². The molecule has 3 aromatic carbocycles. The lowest BCUT2D eigenvalue weighted by Crippen LogP contribution is -2.52. The van der Waals surface area contributed by atoms with Gasteiger partial charge >= 0.3 is 0 Å². The van der Waals surface area contributed by atoms with Gasteiger partial charge in [0.15, 0.2) is 28.8 Å². The molecule has 0 bridgehead atoms. The summed E-state index contributed by atoms with van der Waals surface area (Å²) in [4.78, 5) is 32.5. The SMILES string of the molecule is COc1ccc(-c2ccc(N3CCN(C(=O)CN(Cc4ccc5c(c4)OCO5)C(=O)c4ccc(Cl)cc4)CC3)nn2)cc1OC. The highest BCUT2D eigenvalue weighted by Crippen LogP contribution is 2.33. The third-order valence-electron chi connectivity index (χ3n) is 7.80. The van der Waals surface area contributed by atoms with E-state index in [1.807, 2.05) is 48.5 Å². The molecular formula is C33H32ClN5O6. The van der Waals surface area contributed by atoms with E-state index in [9.17, 15) is 9.59 Å². The summed E-state index contributed by atoms with van der Waals surface area (Å²) in [5.41, 5.74) is 2.85. The molecule has 2 aliphatic heterocycles. The summed E-state index contributed by atoms with van der Waals surface area (Å²) < 4.78 is 21.7. The number of hydrogen-bond acceptors (Lipinski definition) is 9. The number of nitrogens with zero attached hydrogens (tertiary/aromatic N) is 5. The molecule has 0 N–H and O–H groups in total. The van der Waals surface area contributed by atoms with Crippen LogP contribution in [0.25, 0.3) is 11.3 Å². The van der Waals surface area contributed by atoms with Gasteiger partial charge in [-0.3, -0.25) is 9.59 Å². The van der Waals surface area contributed by atoms with Crippen molar-refractivity contribution in [2.24, 2.45) is 0 Å². The number of amides is 2. The van der Waals surface area contributed by atoms with Crippen molar-refractivity contribution in [1.29, 1.82) is 0 Å². The van der Waals surface area contributed by atoms with Gasteiger partial charge in [0.2, 0.25) is 12.7 Å². The maximum absolute atomic E-state index is 13.6. The predicted molar refractivity (Wildman–Crippen MR) is 168 cm³/mol. The zero-order valence-electron chi connectivity index (χ0n) is 24.9. The fourth-order valence-electron chi connectivity index (χ4n) is 5.33. The van der Waals surface area contributed by atoms with Crippen LogP contribution >= 0.6 is 11.6 Å². The van der Waals surface area contributed by atoms with Gasteiger partial charge in [0.1, 0.15) is 6.54 Å². The van der Waals surface area contributed by atoms with Crippen LogP contribution in [0.4, 0.5) is 5.82 Å². The first kappa shape index (κ1) is 30.0. The van der Waals surface area contributed by atoms with Crippen LogP contribution < -0.4 is 23.8 Å². The number of carbonyl (C=O) groups is 2. The largest absolute Gasteiger partial charge is 0.493 e. The third-order valence-corrected chi connectivity index (χ3v) is 8.05. The zero-order chi connectivity index (χ0) is 31.3. The van der Waals surface area contributed by atoms with Crippen molar-refractivity contribution in [3.63, 3.8) is 0 Å². The maximum atomic E-state index is 13.6. The van der Waals surface area contributed by atoms with E-state index in [0.717, 1.165) is 16.9 Å². The van der Waals surface area contributed by atoms with Crippen molar-refractivity contribution < 1.29 is 28.5 Å². The van der Waals surface area contributed by atoms with Crippen LogP contribution in [0, 0.1) is 0 Å². The zero-order valence-corrected chi connectivity index (χ0v) is 25.7. The van der Waals surface area contributed by atoms with Crippen LogP contribution in [-0.2, 0) is 11.3 Å². The second-order valence-electron chi connectivity index (χ2n) is 10.6. The van der Waals surface area contributed by atoms with Gasteiger partial charge < -0.3 is 33.6 Å². The third kappa shape index (κ3) is 6.73. The summed E-state index contributed by atoms with van der Waals surface area (Å²) in [6.07, 6.45) is 0. The molecule has 1 fully saturated rings. The number of hydrogen-bond donors (Lipinski definition) is 0. The first-order valence-corrected chi connectivity index (χ1v) is 14.8. The number of benzene rings is 3. The van der Waals surface area contributed by atoms with Gasteiger partial charge in [0.05, 0.1) is 19.9 Å². The Bertz CT molecular complexity index is 1680. The predicted octanol–water partition coefficient (Wildman–Crippen LogP) is 4.53. The van der Waals surface area contributed by atoms with Crippen molar-refractivity contribution in [3.8, 4) is 34.3 Å². The minimum Gasteiger partial charge on any atom is -0.493 e. The topological polar surface area (TPSA) is 107 Å². The second-order valence-corrected chi connectivity index (χ2v) is 11.0. The lowest BCUT2D eigenvalue weighted by atomic mass is 10.1. The summed E-state index contributed by atoms with van der Waals surface area (Å²) in [7, 11) is 3.19. The number of anilines is 1. The monoisotopic (exact) mass is 629 g/mol. The Hall–Kier alpha value is -5.03. The Labute approximate surface area is 265 Å². The first-order chi connectivity index (χ1) is 21.9. The van der Waals surface area contributed by atoms with Gasteiger partial charge in [0.25, 0.3) is 5.91 Å². The van der Waals surface area contributed by atoms with Crippen LogP contribution in [0.2, 0.25) is 5.02 Å². The minimum absolute atomic E-state index is 0.0737. The highest BCUT2D eigenvalue weighted by atomic mass is 35.5. The average Bonchev–Trinajstić information content (AvgIpc) is 3.56. The first-order valence-electron chi connectivity index (χ1n) is 14.4. The second kappa shape index (κ2) is 13.3. The molecule has 0 aliphatic carbocycles. The minimum atomic E-state index is -0.263. The fourth-order valence-corrected chi connectivity index (χ4v) is 5.45. The van der Waals surface area contributed by atoms with E-state index >= 15 is 0 Å². The fraction of sp³-hybridized carbons (Fsp3) is 0.273. The van der Waals surface area contributed by atoms with Crippen molar-refractivity contribution >= 4 is 29.2 Å². The van der Waals surface area contributed by atoms with E-state index < -0.39 is 0 Å². The molecule has 0 atom stereocenters. The lowest BCUT2D eigenvalue weighted by Gasteiger charge is -2.36. The molecule has 0 unspecified atom stereocenters. The van der Waals surface area contributed by atoms with Crippen molar-refractivity contribution in [3.05, 3.63) is 88.9 Å². The number of ether oxygens (including phenoxy) is 4. The molecule has 12 heteroatoms. The van der Waals surface area contributed by atoms with Gasteiger partial charge in [-0.25, -0.2) is 0 Å². The Balaban J connectivity index is 1.10. The van der Waals surface area contributed by atoms with E-state index in [0.29, 0.717) is 65.5 Å². The average molecular weight is 630 g/mol. The van der Waals surface area contributed by atoms with E-state index in [1.165, 1.54) is 0 Å². The molecule has 1 aromatic heterocycles. The molecule has 0 saturated carbocycles. The van der Waals surface area contributed by atoms with Crippen LogP contribution in [0.1, 0.15) is 15.9 Å². The molecule has 6 rings (SSSR count). The Morgan fingerprint density at radius 1 is 0.844 bits per heavy atom. The van der Waals surface area contributed by atoms with Gasteiger partial charge in [-0.15, -0.1) is 10.2 Å². The quantitative estimate of drug-likeness (QED) is 0.264. The number of methoxy groups -OCH3 is 2. The number of fused-ring (bicyclic) bond motifs is 1. The summed E-state index contributed by atoms with van der Waals surface area (Å²) in [6, 6.07) is 21.6. The number of halogens is 1. The van der Waals surface area contributed by atoms with Gasteiger partial charge in [-0.2, -0.15) is 0 Å². The molecule has 2 aliphatic rings. The molecule has 0 radical (unpaired) electrons. The smallest absolute Gasteiger partial charge is 0.254 e. The molecule has 232 valence electrons. The normalized spacial score (nSPS) is 13.8. The van der Waals surface area contributed by atoms with Crippen LogP contribution in [0.5, 0.6) is 23.0 Å². The number of carbonyl (C=O) groups excluding carboxylic acids is 2. The standard InChI is InChI=1S/C33H32ClN5O6/c1-42-27-11-6-24(18-29(27)43-2)26-9-12-31(36-35-26)37-13-15-38(16-14-37)32(40)20-39(33(41)23-4-7-25(34)8-5-23)19-22-3-10-28-30(17-22)45-21-44-28/h3-12,17-18H,13-16,19-21H2,1-2H3. The van der Waals surface area contributed by atoms with Crippen molar-refractivity contribution in [2.75, 3.05) is 58.6 Å². The Morgan fingerprint density at radius 3 is 2.31 bits per heavy atom. The summed E-state index contributed by atoms with van der Waals surface area (Å²) in [6.45, 7) is 2.47. The van der Waals surface area contributed by atoms with E-state index in [-0.39, 0.29) is 31.7 Å². The van der Waals surface area contributed by atoms with E-state index in [4.69, 9.17) is 30.5 Å². The molecule has 2 amide bonds. The van der Waals surface area contributed by atoms with Gasteiger partial charge in [-0.1, -0.05) is 17.7 Å². The summed E-state index contributed by atoms with van der Waals surface area (Å²) in [5, 5.41) is 9.41. The van der Waals surface area contributed by atoms with Crippen LogP contribution in [-0.4, -0.2) is 85.5 Å². The Kier molecular flexibility index (Phi) is 8.88. The maximum Gasteiger partial charge on any atom is 0.254 e. The summed E-state index contributed by atoms with van der Waals surface area (Å²) in [5.74, 6) is 2.87. The molecule has 11 nitrogen and oxygen atoms in total. The molecular weight excluding hydrogens is 598 g/mol.